The lowest BCUT2D eigenvalue weighted by molar-refractivity contribution is 0.409. The summed E-state index contributed by atoms with van der Waals surface area (Å²) in [7, 11) is -0.603. The summed E-state index contributed by atoms with van der Waals surface area (Å²) in [5.41, 5.74) is 0. The van der Waals surface area contributed by atoms with Crippen LogP contribution in [0, 0.1) is 11.8 Å². The zero-order chi connectivity index (χ0) is 8.15. The first-order valence-electron chi connectivity index (χ1n) is 3.84. The normalized spacial score (nSPS) is 17.3. The lowest BCUT2D eigenvalue weighted by atomic mass is 9.96. The van der Waals surface area contributed by atoms with E-state index in [4.69, 9.17) is 0 Å². The molecule has 2 heteroatoms. The second kappa shape index (κ2) is 4.89. The fourth-order valence-corrected chi connectivity index (χ4v) is 1.39. The molecule has 0 aromatic carbocycles. The van der Waals surface area contributed by atoms with Crippen LogP contribution in [-0.2, 0) is 10.8 Å². The van der Waals surface area contributed by atoms with Crippen LogP contribution < -0.4 is 0 Å². The molecule has 0 aliphatic rings. The molecule has 0 amide bonds. The minimum atomic E-state index is -0.603. The average Bonchev–Trinajstić information content (AvgIpc) is 1.82. The molecular formula is C8H18OS. The Balaban J connectivity index is 3.39. The van der Waals surface area contributed by atoms with Gasteiger partial charge in [-0.15, -0.1) is 0 Å². The monoisotopic (exact) mass is 162 g/mol. The van der Waals surface area contributed by atoms with E-state index in [1.807, 2.05) is 0 Å². The van der Waals surface area contributed by atoms with E-state index in [2.05, 4.69) is 20.8 Å². The van der Waals surface area contributed by atoms with Gasteiger partial charge in [-0.2, -0.15) is 0 Å². The van der Waals surface area contributed by atoms with Crippen LogP contribution >= 0.6 is 0 Å². The van der Waals surface area contributed by atoms with Gasteiger partial charge >= 0.3 is 0 Å². The fraction of sp³-hybridized carbons (Fsp3) is 1.00. The molecule has 1 nitrogen and oxygen atoms in total. The maximum absolute atomic E-state index is 10.7. The predicted molar refractivity (Wildman–Crippen MR) is 47.6 cm³/mol. The molecule has 2 unspecified atom stereocenters. The average molecular weight is 162 g/mol. The van der Waals surface area contributed by atoms with Crippen LogP contribution in [0.5, 0.6) is 0 Å². The third-order valence-corrected chi connectivity index (χ3v) is 2.81. The topological polar surface area (TPSA) is 17.1 Å². The Morgan fingerprint density at radius 2 is 1.80 bits per heavy atom. The van der Waals surface area contributed by atoms with Crippen molar-refractivity contribution in [1.82, 2.24) is 0 Å². The highest BCUT2D eigenvalue weighted by atomic mass is 32.2. The largest absolute Gasteiger partial charge is 0.260 e. The van der Waals surface area contributed by atoms with Crippen LogP contribution in [-0.4, -0.2) is 16.2 Å². The first kappa shape index (κ1) is 10.2. The van der Waals surface area contributed by atoms with Crippen molar-refractivity contribution >= 4 is 10.8 Å². The smallest absolute Gasteiger partial charge is 0.0234 e. The number of hydrogen-bond acceptors (Lipinski definition) is 1. The van der Waals surface area contributed by atoms with Crippen LogP contribution in [0.3, 0.4) is 0 Å². The molecule has 0 aromatic heterocycles. The quantitative estimate of drug-likeness (QED) is 0.618. The van der Waals surface area contributed by atoms with Gasteiger partial charge in [-0.3, -0.25) is 4.21 Å². The van der Waals surface area contributed by atoms with Crippen LogP contribution in [0.25, 0.3) is 0 Å². The lowest BCUT2D eigenvalue weighted by Gasteiger charge is -2.13. The van der Waals surface area contributed by atoms with E-state index in [-0.39, 0.29) is 0 Å². The minimum absolute atomic E-state index is 0.603. The maximum Gasteiger partial charge on any atom is 0.0234 e. The zero-order valence-corrected chi connectivity index (χ0v) is 8.20. The Kier molecular flexibility index (Phi) is 4.96. The van der Waals surface area contributed by atoms with E-state index in [0.717, 1.165) is 18.1 Å². The summed E-state index contributed by atoms with van der Waals surface area (Å²) < 4.78 is 10.7. The molecule has 0 aromatic rings. The molecule has 0 rings (SSSR count). The standard InChI is InChI=1S/C8H18OS/c1-7(2)8(3)5-6-10(4)9/h7-8H,5-6H2,1-4H3. The Hall–Kier alpha value is 0.150. The fourth-order valence-electron chi connectivity index (χ4n) is 0.685. The Morgan fingerprint density at radius 3 is 2.10 bits per heavy atom. The van der Waals surface area contributed by atoms with Gasteiger partial charge in [0.25, 0.3) is 0 Å². The van der Waals surface area contributed by atoms with Gasteiger partial charge < -0.3 is 0 Å². The second-order valence-corrected chi connectivity index (χ2v) is 4.84. The van der Waals surface area contributed by atoms with Gasteiger partial charge in [0, 0.05) is 22.8 Å². The van der Waals surface area contributed by atoms with Crippen molar-refractivity contribution in [3.8, 4) is 0 Å². The highest BCUT2D eigenvalue weighted by Gasteiger charge is 2.06. The Morgan fingerprint density at radius 1 is 1.30 bits per heavy atom. The van der Waals surface area contributed by atoms with Gasteiger partial charge in [0.05, 0.1) is 0 Å². The SMILES string of the molecule is CC(C)C(C)CCS(C)=O. The van der Waals surface area contributed by atoms with E-state index in [9.17, 15) is 4.21 Å². The van der Waals surface area contributed by atoms with Crippen molar-refractivity contribution in [3.05, 3.63) is 0 Å². The molecule has 0 saturated heterocycles. The van der Waals surface area contributed by atoms with Crippen molar-refractivity contribution in [1.29, 1.82) is 0 Å². The van der Waals surface area contributed by atoms with Crippen molar-refractivity contribution < 1.29 is 4.21 Å². The van der Waals surface area contributed by atoms with Gasteiger partial charge in [0.15, 0.2) is 0 Å². The molecule has 0 bridgehead atoms. The van der Waals surface area contributed by atoms with E-state index in [0.29, 0.717) is 5.92 Å². The van der Waals surface area contributed by atoms with Crippen LogP contribution in [0.15, 0.2) is 0 Å². The Labute approximate surface area is 66.7 Å². The van der Waals surface area contributed by atoms with E-state index >= 15 is 0 Å². The van der Waals surface area contributed by atoms with Crippen molar-refractivity contribution in [3.63, 3.8) is 0 Å². The van der Waals surface area contributed by atoms with E-state index in [1.54, 1.807) is 6.26 Å². The number of rotatable bonds is 4. The van der Waals surface area contributed by atoms with Crippen LogP contribution in [0.1, 0.15) is 27.2 Å². The molecule has 0 aliphatic heterocycles. The highest BCUT2D eigenvalue weighted by molar-refractivity contribution is 7.84. The van der Waals surface area contributed by atoms with Gasteiger partial charge in [-0.05, 0) is 18.3 Å². The van der Waals surface area contributed by atoms with E-state index in [1.165, 1.54) is 0 Å². The van der Waals surface area contributed by atoms with Gasteiger partial charge in [-0.25, -0.2) is 0 Å². The zero-order valence-electron chi connectivity index (χ0n) is 7.39. The summed E-state index contributed by atoms with van der Waals surface area (Å²) in [5, 5.41) is 0. The van der Waals surface area contributed by atoms with Gasteiger partial charge in [0.1, 0.15) is 0 Å². The summed E-state index contributed by atoms with van der Waals surface area (Å²) in [6.07, 6.45) is 2.87. The van der Waals surface area contributed by atoms with Crippen molar-refractivity contribution in [2.45, 2.75) is 27.2 Å². The third-order valence-electron chi connectivity index (χ3n) is 2.00. The Bertz CT molecular complexity index is 110. The second-order valence-electron chi connectivity index (χ2n) is 3.29. The van der Waals surface area contributed by atoms with Crippen molar-refractivity contribution in [2.24, 2.45) is 11.8 Å². The summed E-state index contributed by atoms with van der Waals surface area (Å²) in [5.74, 6) is 2.30. The van der Waals surface area contributed by atoms with Crippen LogP contribution in [0.4, 0.5) is 0 Å². The molecule has 0 radical (unpaired) electrons. The predicted octanol–water partition coefficient (Wildman–Crippen LogP) is 2.05. The molecule has 0 fully saturated rings. The molecule has 0 N–H and O–H groups in total. The first-order chi connectivity index (χ1) is 4.54. The molecule has 0 aliphatic carbocycles. The van der Waals surface area contributed by atoms with Crippen molar-refractivity contribution in [2.75, 3.05) is 12.0 Å². The molecule has 0 heterocycles. The maximum atomic E-state index is 10.7. The van der Waals surface area contributed by atoms with E-state index < -0.39 is 10.8 Å². The molecule has 62 valence electrons. The summed E-state index contributed by atoms with van der Waals surface area (Å²) in [6.45, 7) is 6.64. The molecule has 0 spiro atoms. The first-order valence-corrected chi connectivity index (χ1v) is 5.56. The summed E-state index contributed by atoms with van der Waals surface area (Å²) >= 11 is 0. The summed E-state index contributed by atoms with van der Waals surface area (Å²) in [6, 6.07) is 0. The number of hydrogen-bond donors (Lipinski definition) is 0. The minimum Gasteiger partial charge on any atom is -0.260 e. The van der Waals surface area contributed by atoms with Gasteiger partial charge in [-0.1, -0.05) is 20.8 Å². The molecular weight excluding hydrogens is 144 g/mol. The molecule has 2 atom stereocenters. The molecule has 10 heavy (non-hydrogen) atoms. The van der Waals surface area contributed by atoms with Crippen LogP contribution in [0.2, 0.25) is 0 Å². The third kappa shape index (κ3) is 4.98. The summed E-state index contributed by atoms with van der Waals surface area (Å²) in [4.78, 5) is 0. The highest BCUT2D eigenvalue weighted by Crippen LogP contribution is 2.13. The van der Waals surface area contributed by atoms with Gasteiger partial charge in [0.2, 0.25) is 0 Å². The molecule has 0 saturated carbocycles. The lowest BCUT2D eigenvalue weighted by Crippen LogP contribution is -2.08.